The van der Waals surface area contributed by atoms with Gasteiger partial charge >= 0.3 is 0 Å². The van der Waals surface area contributed by atoms with Gasteiger partial charge in [0.2, 0.25) is 11.7 Å². The predicted octanol–water partition coefficient (Wildman–Crippen LogP) is 1.93. The number of nitriles is 1. The molecular formula is C18H23N3O4S. The lowest BCUT2D eigenvalue weighted by molar-refractivity contribution is -0.132. The van der Waals surface area contributed by atoms with Gasteiger partial charge in [0.1, 0.15) is 6.04 Å². The fourth-order valence-electron chi connectivity index (χ4n) is 3.49. The van der Waals surface area contributed by atoms with Crippen molar-refractivity contribution in [2.24, 2.45) is 0 Å². The van der Waals surface area contributed by atoms with Crippen molar-refractivity contribution < 1.29 is 19.0 Å². The Kier molecular flexibility index (Phi) is 5.79. The van der Waals surface area contributed by atoms with Crippen LogP contribution in [0.1, 0.15) is 23.8 Å². The number of amides is 1. The van der Waals surface area contributed by atoms with Crippen LogP contribution < -0.4 is 19.5 Å². The lowest BCUT2D eigenvalue weighted by atomic mass is 10.1. The fourth-order valence-corrected chi connectivity index (χ4v) is 4.74. The molecule has 3 rings (SSSR count). The SMILES string of the molecule is COc1ccc(C2N[C@H](C(=O)N3CCC[C@H]3C#N)CS2)c(OC)c1OC. The summed E-state index contributed by atoms with van der Waals surface area (Å²) in [7, 11) is 4.74. The summed E-state index contributed by atoms with van der Waals surface area (Å²) in [4.78, 5) is 14.5. The van der Waals surface area contributed by atoms with Crippen LogP contribution in [0.4, 0.5) is 0 Å². The van der Waals surface area contributed by atoms with E-state index < -0.39 is 0 Å². The average molecular weight is 377 g/mol. The Hall–Kier alpha value is -2.11. The summed E-state index contributed by atoms with van der Waals surface area (Å²) >= 11 is 1.64. The van der Waals surface area contributed by atoms with Crippen molar-refractivity contribution in [1.29, 1.82) is 5.26 Å². The highest BCUT2D eigenvalue weighted by atomic mass is 32.2. The van der Waals surface area contributed by atoms with Crippen LogP contribution in [0.15, 0.2) is 12.1 Å². The average Bonchev–Trinajstić information content (AvgIpc) is 3.35. The molecule has 140 valence electrons. The van der Waals surface area contributed by atoms with Crippen molar-refractivity contribution in [2.75, 3.05) is 33.6 Å². The zero-order valence-corrected chi connectivity index (χ0v) is 16.0. The summed E-state index contributed by atoms with van der Waals surface area (Å²) in [6.45, 7) is 0.657. The van der Waals surface area contributed by atoms with E-state index in [1.807, 2.05) is 12.1 Å². The van der Waals surface area contributed by atoms with E-state index in [1.165, 1.54) is 0 Å². The molecule has 0 spiro atoms. The number of carbonyl (C=O) groups excluding carboxylic acids is 1. The number of ether oxygens (including phenoxy) is 3. The molecule has 8 heteroatoms. The van der Waals surface area contributed by atoms with E-state index in [4.69, 9.17) is 14.2 Å². The summed E-state index contributed by atoms with van der Waals surface area (Å²) in [5.74, 6) is 2.38. The first-order valence-corrected chi connectivity index (χ1v) is 9.56. The second-order valence-electron chi connectivity index (χ2n) is 6.17. The van der Waals surface area contributed by atoms with Crippen molar-refractivity contribution >= 4 is 17.7 Å². The van der Waals surface area contributed by atoms with Crippen LogP contribution in [0, 0.1) is 11.3 Å². The molecule has 0 aliphatic carbocycles. The van der Waals surface area contributed by atoms with Gasteiger partial charge in [-0.1, -0.05) is 0 Å². The van der Waals surface area contributed by atoms with Crippen molar-refractivity contribution in [1.82, 2.24) is 10.2 Å². The maximum absolute atomic E-state index is 12.8. The number of methoxy groups -OCH3 is 3. The number of likely N-dealkylation sites (tertiary alicyclic amines) is 1. The smallest absolute Gasteiger partial charge is 0.241 e. The molecule has 2 saturated heterocycles. The van der Waals surface area contributed by atoms with Crippen molar-refractivity contribution in [2.45, 2.75) is 30.3 Å². The van der Waals surface area contributed by atoms with E-state index in [0.29, 0.717) is 29.5 Å². The minimum absolute atomic E-state index is 0.00323. The van der Waals surface area contributed by atoms with E-state index in [1.54, 1.807) is 38.0 Å². The first kappa shape index (κ1) is 18.7. The van der Waals surface area contributed by atoms with Crippen molar-refractivity contribution in [3.63, 3.8) is 0 Å². The fraction of sp³-hybridized carbons (Fsp3) is 0.556. The van der Waals surface area contributed by atoms with Gasteiger partial charge in [-0.25, -0.2) is 0 Å². The van der Waals surface area contributed by atoms with Gasteiger partial charge in [0.15, 0.2) is 11.5 Å². The standard InChI is InChI=1S/C18H23N3O4S/c1-23-14-7-6-12(15(24-2)16(14)25-3)17-20-13(10-26-17)18(22)21-8-4-5-11(21)9-19/h6-7,11,13,17,20H,4-5,8,10H2,1-3H3/t11-,13-,17?/m0/s1. The molecule has 2 aliphatic rings. The van der Waals surface area contributed by atoms with Crippen molar-refractivity contribution in [3.05, 3.63) is 17.7 Å². The third-order valence-electron chi connectivity index (χ3n) is 4.78. The van der Waals surface area contributed by atoms with E-state index in [2.05, 4.69) is 11.4 Å². The van der Waals surface area contributed by atoms with Gasteiger partial charge in [0.05, 0.1) is 38.8 Å². The Morgan fingerprint density at radius 3 is 2.69 bits per heavy atom. The van der Waals surface area contributed by atoms with E-state index >= 15 is 0 Å². The number of hydrogen-bond donors (Lipinski definition) is 1. The quantitative estimate of drug-likeness (QED) is 0.839. The number of rotatable bonds is 5. The second-order valence-corrected chi connectivity index (χ2v) is 7.31. The molecule has 0 radical (unpaired) electrons. The monoisotopic (exact) mass is 377 g/mol. The molecule has 3 atom stereocenters. The van der Waals surface area contributed by atoms with Crippen LogP contribution in [0.5, 0.6) is 17.2 Å². The Morgan fingerprint density at radius 2 is 2.04 bits per heavy atom. The van der Waals surface area contributed by atoms with Crippen LogP contribution >= 0.6 is 11.8 Å². The van der Waals surface area contributed by atoms with E-state index in [-0.39, 0.29) is 23.4 Å². The highest BCUT2D eigenvalue weighted by molar-refractivity contribution is 7.99. The molecule has 1 aromatic rings. The van der Waals surface area contributed by atoms with Gasteiger partial charge in [-0.05, 0) is 25.0 Å². The molecule has 1 unspecified atom stereocenters. The van der Waals surface area contributed by atoms with Crippen LogP contribution in [-0.2, 0) is 4.79 Å². The van der Waals surface area contributed by atoms with E-state index in [0.717, 1.165) is 18.4 Å². The second kappa shape index (κ2) is 8.06. The predicted molar refractivity (Wildman–Crippen MR) is 98.6 cm³/mol. The van der Waals surface area contributed by atoms with Crippen LogP contribution in [0.2, 0.25) is 0 Å². The normalized spacial score (nSPS) is 25.0. The summed E-state index contributed by atoms with van der Waals surface area (Å²) < 4.78 is 16.3. The van der Waals surface area contributed by atoms with Gasteiger partial charge in [-0.2, -0.15) is 5.26 Å². The molecule has 7 nitrogen and oxygen atoms in total. The number of thioether (sulfide) groups is 1. The molecular weight excluding hydrogens is 354 g/mol. The maximum Gasteiger partial charge on any atom is 0.241 e. The zero-order valence-electron chi connectivity index (χ0n) is 15.2. The highest BCUT2D eigenvalue weighted by Gasteiger charge is 2.38. The molecule has 0 aromatic heterocycles. The zero-order chi connectivity index (χ0) is 18.7. The van der Waals surface area contributed by atoms with Gasteiger partial charge < -0.3 is 19.1 Å². The van der Waals surface area contributed by atoms with Crippen LogP contribution in [0.3, 0.4) is 0 Å². The molecule has 1 aromatic carbocycles. The minimum atomic E-state index is -0.309. The highest BCUT2D eigenvalue weighted by Crippen LogP contribution is 2.46. The number of benzene rings is 1. The Balaban J connectivity index is 1.79. The third-order valence-corrected chi connectivity index (χ3v) is 6.03. The molecule has 0 saturated carbocycles. The van der Waals surface area contributed by atoms with E-state index in [9.17, 15) is 10.1 Å². The number of hydrogen-bond acceptors (Lipinski definition) is 7. The Morgan fingerprint density at radius 1 is 1.27 bits per heavy atom. The first-order chi connectivity index (χ1) is 12.6. The van der Waals surface area contributed by atoms with Gasteiger partial charge in [0, 0.05) is 17.9 Å². The lowest BCUT2D eigenvalue weighted by Gasteiger charge is -2.24. The van der Waals surface area contributed by atoms with Gasteiger partial charge in [-0.15, -0.1) is 11.8 Å². The molecule has 2 aliphatic heterocycles. The van der Waals surface area contributed by atoms with Crippen molar-refractivity contribution in [3.8, 4) is 23.3 Å². The first-order valence-electron chi connectivity index (χ1n) is 8.51. The largest absolute Gasteiger partial charge is 0.493 e. The summed E-state index contributed by atoms with van der Waals surface area (Å²) in [5.41, 5.74) is 0.906. The van der Waals surface area contributed by atoms with Gasteiger partial charge in [0.25, 0.3) is 0 Å². The maximum atomic E-state index is 12.8. The molecule has 0 bridgehead atoms. The summed E-state index contributed by atoms with van der Waals surface area (Å²) in [6.07, 6.45) is 1.64. The molecule has 2 fully saturated rings. The summed E-state index contributed by atoms with van der Waals surface area (Å²) in [6, 6.07) is 5.37. The molecule has 1 N–H and O–H groups in total. The summed E-state index contributed by atoms with van der Waals surface area (Å²) in [5, 5.41) is 12.5. The van der Waals surface area contributed by atoms with Gasteiger partial charge in [-0.3, -0.25) is 10.1 Å². The molecule has 26 heavy (non-hydrogen) atoms. The number of nitrogens with zero attached hydrogens (tertiary/aromatic N) is 2. The third kappa shape index (κ3) is 3.29. The topological polar surface area (TPSA) is 83.8 Å². The molecule has 2 heterocycles. The number of carbonyl (C=O) groups is 1. The Bertz CT molecular complexity index is 721. The Labute approximate surface area is 157 Å². The molecule has 1 amide bonds. The number of nitrogens with one attached hydrogen (secondary N) is 1. The van der Waals surface area contributed by atoms with Crippen LogP contribution in [0.25, 0.3) is 0 Å². The lowest BCUT2D eigenvalue weighted by Crippen LogP contribution is -2.46. The minimum Gasteiger partial charge on any atom is -0.493 e. The van der Waals surface area contributed by atoms with Crippen LogP contribution in [-0.4, -0.2) is 56.5 Å².